The third-order valence-corrected chi connectivity index (χ3v) is 14.1. The summed E-state index contributed by atoms with van der Waals surface area (Å²) in [5, 5.41) is 31.0. The maximum Gasteiger partial charge on any atom is 0.152 e. The number of allylic oxidation sites excluding steroid dienone is 1. The first-order valence-electron chi connectivity index (χ1n) is 20.9. The normalized spacial score (nSPS) is 29.9. The van der Waals surface area contributed by atoms with E-state index in [2.05, 4.69) is 106 Å². The molecule has 0 aromatic heterocycles. The standard InChI is InChI=1S/C22H43NO2S.C17H31NO2.C5H12S.2H2/c1-8-10-11-15-26-19(16-18(4)24)22(25)20(5,6)13-12-14-21(22,7)23-17(3)9-2;1-7-13(2)18-16(6)11-8-10-15(4,5)17(16,20)12-9-14(3)19;1-2-3-4-5-6;;/h17,19,23,25H,8-16H2,1-7H3;9,12-13,18,20H,7-8,10-11H2,1-6H3;6H,2-5H2,1H3;2*1H/b;12-9+;;;. The highest BCUT2D eigenvalue weighted by Crippen LogP contribution is 2.55. The van der Waals surface area contributed by atoms with Gasteiger partial charge in [-0.15, -0.1) is 0 Å². The monoisotopic (exact) mass is 775 g/mol. The first-order chi connectivity index (χ1) is 24.0. The molecule has 2 fully saturated rings. The lowest BCUT2D eigenvalue weighted by Gasteiger charge is -2.61. The maximum absolute atomic E-state index is 12.3. The number of aliphatic hydroxyl groups is 2. The van der Waals surface area contributed by atoms with E-state index in [1.54, 1.807) is 13.0 Å². The molecule has 2 aliphatic carbocycles. The Morgan fingerprint density at radius 2 is 1.25 bits per heavy atom. The zero-order chi connectivity index (χ0) is 40.4. The number of thioether (sulfide) groups is 1. The van der Waals surface area contributed by atoms with Crippen molar-refractivity contribution in [1.29, 1.82) is 0 Å². The zero-order valence-electron chi connectivity index (χ0n) is 36.5. The topological polar surface area (TPSA) is 98.7 Å². The number of Topliss-reactive ketones (excluding diaryl/α,β-unsaturated/α-hetero) is 1. The fourth-order valence-corrected chi connectivity index (χ4v) is 10.7. The SMILES string of the molecule is CCC(C)NC1(C)CCCC(C)(C)C1(O)/C=C/C(C)=O.CCCCCS.CCCCCSC(CC(C)=O)C1(O)C(C)(C)CCCC1(C)NC(C)CC.[HH].[HH]. The molecule has 312 valence electrons. The van der Waals surface area contributed by atoms with Gasteiger partial charge in [-0.3, -0.25) is 9.59 Å². The molecule has 0 aliphatic heterocycles. The van der Waals surface area contributed by atoms with Gasteiger partial charge in [-0.05, 0) is 127 Å². The van der Waals surface area contributed by atoms with Gasteiger partial charge >= 0.3 is 0 Å². The van der Waals surface area contributed by atoms with Gasteiger partial charge in [-0.1, -0.05) is 93.9 Å². The average Bonchev–Trinajstić information content (AvgIpc) is 3.05. The molecule has 6 nitrogen and oxygen atoms in total. The van der Waals surface area contributed by atoms with Crippen LogP contribution in [0.1, 0.15) is 196 Å². The number of carbonyl (C=O) groups is 2. The van der Waals surface area contributed by atoms with Crippen LogP contribution in [0.5, 0.6) is 0 Å². The number of ketones is 2. The van der Waals surface area contributed by atoms with Crippen LogP contribution in [-0.4, -0.2) is 72.9 Å². The number of nitrogens with one attached hydrogen (secondary N) is 2. The minimum absolute atomic E-state index is 0. The molecule has 0 heterocycles. The van der Waals surface area contributed by atoms with Crippen molar-refractivity contribution in [2.45, 2.75) is 233 Å². The van der Waals surface area contributed by atoms with Crippen LogP contribution in [0.2, 0.25) is 0 Å². The summed E-state index contributed by atoms with van der Waals surface area (Å²) in [5.74, 6) is 2.22. The second-order valence-electron chi connectivity index (χ2n) is 17.9. The highest BCUT2D eigenvalue weighted by molar-refractivity contribution is 8.00. The van der Waals surface area contributed by atoms with Crippen LogP contribution in [-0.2, 0) is 9.59 Å². The van der Waals surface area contributed by atoms with Crippen molar-refractivity contribution in [2.24, 2.45) is 10.8 Å². The Kier molecular flexibility index (Phi) is 23.5. The molecule has 2 saturated carbocycles. The van der Waals surface area contributed by atoms with E-state index < -0.39 is 16.7 Å². The lowest BCUT2D eigenvalue weighted by Crippen LogP contribution is -2.74. The largest absolute Gasteiger partial charge is 0.386 e. The Hall–Kier alpha value is -0.380. The fourth-order valence-electron chi connectivity index (χ4n) is 8.65. The molecule has 52 heavy (non-hydrogen) atoms. The second kappa shape index (κ2) is 23.6. The Balaban J connectivity index is -0.000000827. The van der Waals surface area contributed by atoms with E-state index >= 15 is 0 Å². The van der Waals surface area contributed by atoms with E-state index in [0.717, 1.165) is 69.3 Å². The number of unbranched alkanes of at least 4 members (excludes halogenated alkanes) is 4. The highest BCUT2D eigenvalue weighted by atomic mass is 32.2. The lowest BCUT2D eigenvalue weighted by atomic mass is 9.55. The molecule has 0 aromatic rings. The highest BCUT2D eigenvalue weighted by Gasteiger charge is 2.62. The smallest absolute Gasteiger partial charge is 0.152 e. The van der Waals surface area contributed by atoms with E-state index in [-0.39, 0.29) is 36.0 Å². The summed E-state index contributed by atoms with van der Waals surface area (Å²) in [6.07, 6.45) is 19.3. The van der Waals surface area contributed by atoms with Crippen LogP contribution in [0, 0.1) is 10.8 Å². The van der Waals surface area contributed by atoms with Gasteiger partial charge in [0.2, 0.25) is 0 Å². The van der Waals surface area contributed by atoms with Gasteiger partial charge in [0.25, 0.3) is 0 Å². The number of thiol groups is 1. The fraction of sp³-hybridized carbons (Fsp3) is 0.909. The number of hydrogen-bond acceptors (Lipinski definition) is 8. The van der Waals surface area contributed by atoms with Crippen LogP contribution >= 0.6 is 24.4 Å². The van der Waals surface area contributed by atoms with Crippen LogP contribution < -0.4 is 10.6 Å². The van der Waals surface area contributed by atoms with Gasteiger partial charge < -0.3 is 20.8 Å². The molecule has 0 aromatic carbocycles. The molecule has 8 heteroatoms. The van der Waals surface area contributed by atoms with E-state index in [1.165, 1.54) is 45.1 Å². The Morgan fingerprint density at radius 3 is 1.69 bits per heavy atom. The summed E-state index contributed by atoms with van der Waals surface area (Å²) in [6, 6.07) is 0.689. The van der Waals surface area contributed by atoms with E-state index in [0.29, 0.717) is 18.5 Å². The van der Waals surface area contributed by atoms with E-state index in [1.807, 2.05) is 11.8 Å². The molecule has 0 spiro atoms. The van der Waals surface area contributed by atoms with E-state index in [9.17, 15) is 19.8 Å². The van der Waals surface area contributed by atoms with Crippen molar-refractivity contribution in [3.63, 3.8) is 0 Å². The second-order valence-corrected chi connectivity index (χ2v) is 19.7. The third kappa shape index (κ3) is 14.3. The number of rotatable bonds is 19. The molecule has 0 bridgehead atoms. The molecule has 4 N–H and O–H groups in total. The predicted octanol–water partition coefficient (Wildman–Crippen LogP) is 11.2. The van der Waals surface area contributed by atoms with Gasteiger partial charge in [0.15, 0.2) is 5.78 Å². The van der Waals surface area contributed by atoms with Gasteiger partial charge in [0.1, 0.15) is 11.4 Å². The minimum Gasteiger partial charge on any atom is -0.386 e. The molecule has 7 atom stereocenters. The molecule has 0 saturated heterocycles. The Labute approximate surface area is 335 Å². The Bertz CT molecular complexity index is 1080. The molecular formula is C44H90N2O4S2. The van der Waals surface area contributed by atoms with Gasteiger partial charge in [0, 0.05) is 37.7 Å². The van der Waals surface area contributed by atoms with Crippen molar-refractivity contribution in [3.8, 4) is 0 Å². The van der Waals surface area contributed by atoms with Crippen molar-refractivity contribution < 1.29 is 22.7 Å². The lowest BCUT2D eigenvalue weighted by molar-refractivity contribution is -0.162. The number of hydrogen-bond donors (Lipinski definition) is 5. The molecule has 2 aliphatic rings. The van der Waals surface area contributed by atoms with Gasteiger partial charge in [-0.2, -0.15) is 24.4 Å². The van der Waals surface area contributed by atoms with Gasteiger partial charge in [-0.25, -0.2) is 0 Å². The van der Waals surface area contributed by atoms with Crippen molar-refractivity contribution in [2.75, 3.05) is 11.5 Å². The van der Waals surface area contributed by atoms with Crippen molar-refractivity contribution in [1.82, 2.24) is 10.6 Å². The molecule has 7 unspecified atom stereocenters. The maximum atomic E-state index is 12.3. The third-order valence-electron chi connectivity index (χ3n) is 12.4. The quantitative estimate of drug-likeness (QED) is 0.0506. The summed E-state index contributed by atoms with van der Waals surface area (Å²) in [6.45, 7) is 29.1. The number of carbonyl (C=O) groups excluding carboxylic acids is 2. The van der Waals surface area contributed by atoms with Gasteiger partial charge in [0.05, 0.1) is 5.60 Å². The summed E-state index contributed by atoms with van der Waals surface area (Å²) in [4.78, 5) is 23.4. The first-order valence-corrected chi connectivity index (χ1v) is 22.6. The van der Waals surface area contributed by atoms with Crippen LogP contribution in [0.4, 0.5) is 0 Å². The summed E-state index contributed by atoms with van der Waals surface area (Å²) in [7, 11) is 0. The average molecular weight is 775 g/mol. The predicted molar refractivity (Wildman–Crippen MR) is 236 cm³/mol. The summed E-state index contributed by atoms with van der Waals surface area (Å²) in [5.41, 5.74) is -3.19. The Morgan fingerprint density at radius 1 is 0.769 bits per heavy atom. The molecule has 0 radical (unpaired) electrons. The first kappa shape index (κ1) is 51.6. The molecule has 0 amide bonds. The van der Waals surface area contributed by atoms with Crippen molar-refractivity contribution >= 4 is 36.0 Å². The summed E-state index contributed by atoms with van der Waals surface area (Å²) < 4.78 is 0. The summed E-state index contributed by atoms with van der Waals surface area (Å²) >= 11 is 5.88. The zero-order valence-corrected chi connectivity index (χ0v) is 38.2. The van der Waals surface area contributed by atoms with Crippen molar-refractivity contribution in [3.05, 3.63) is 12.2 Å². The van der Waals surface area contributed by atoms with Crippen LogP contribution in [0.3, 0.4) is 0 Å². The minimum atomic E-state index is -1.02. The van der Waals surface area contributed by atoms with Crippen LogP contribution in [0.15, 0.2) is 12.2 Å². The molecule has 2 rings (SSSR count). The van der Waals surface area contributed by atoms with Crippen LogP contribution in [0.25, 0.3) is 0 Å². The molecular weight excluding hydrogens is 685 g/mol. The van der Waals surface area contributed by atoms with E-state index in [4.69, 9.17) is 0 Å².